The standard InChI is InChI=1S/C20H22ClFN4O4S/c21-18-17(6-3-9-23-18)31(29,30)26-12-7-14(8-13-26)19(27)24-10-11-25-20(28)15-4-1-2-5-16(15)22/h1-6,9,14H,7-8,10-13H2,(H,24,27)(H,25,28). The predicted molar refractivity (Wildman–Crippen MR) is 112 cm³/mol. The summed E-state index contributed by atoms with van der Waals surface area (Å²) in [4.78, 5) is 28.1. The molecule has 0 aliphatic carbocycles. The van der Waals surface area contributed by atoms with Crippen molar-refractivity contribution in [3.05, 3.63) is 59.1 Å². The monoisotopic (exact) mass is 468 g/mol. The maximum Gasteiger partial charge on any atom is 0.254 e. The summed E-state index contributed by atoms with van der Waals surface area (Å²) in [7, 11) is -3.77. The van der Waals surface area contributed by atoms with E-state index in [1.807, 2.05) is 0 Å². The topological polar surface area (TPSA) is 108 Å². The molecular formula is C20H22ClFN4O4S. The van der Waals surface area contributed by atoms with E-state index >= 15 is 0 Å². The average molecular weight is 469 g/mol. The summed E-state index contributed by atoms with van der Waals surface area (Å²) >= 11 is 5.92. The second kappa shape index (κ2) is 10.2. The molecule has 2 aromatic rings. The second-order valence-electron chi connectivity index (χ2n) is 7.00. The van der Waals surface area contributed by atoms with E-state index in [0.717, 1.165) is 0 Å². The third kappa shape index (κ3) is 5.57. The van der Waals surface area contributed by atoms with Crippen LogP contribution >= 0.6 is 11.6 Å². The maximum atomic E-state index is 13.6. The van der Waals surface area contributed by atoms with Crippen molar-refractivity contribution >= 4 is 33.4 Å². The summed E-state index contributed by atoms with van der Waals surface area (Å²) in [6, 6.07) is 8.54. The van der Waals surface area contributed by atoms with Gasteiger partial charge in [-0.3, -0.25) is 9.59 Å². The van der Waals surface area contributed by atoms with Crippen molar-refractivity contribution in [1.82, 2.24) is 19.9 Å². The molecule has 2 heterocycles. The number of benzene rings is 1. The SMILES string of the molecule is O=C(NCCNC(=O)C1CCN(S(=O)(=O)c2cccnc2Cl)CC1)c1ccccc1F. The first-order valence-electron chi connectivity index (χ1n) is 9.72. The highest BCUT2D eigenvalue weighted by molar-refractivity contribution is 7.89. The van der Waals surface area contributed by atoms with E-state index in [-0.39, 0.29) is 53.6 Å². The number of nitrogens with one attached hydrogen (secondary N) is 2. The number of sulfonamides is 1. The Kier molecular flexibility index (Phi) is 7.58. The number of carbonyl (C=O) groups excluding carboxylic acids is 2. The average Bonchev–Trinajstić information content (AvgIpc) is 2.77. The third-order valence-electron chi connectivity index (χ3n) is 5.00. The molecule has 0 bridgehead atoms. The van der Waals surface area contributed by atoms with Crippen molar-refractivity contribution in [2.24, 2.45) is 5.92 Å². The van der Waals surface area contributed by atoms with E-state index in [1.54, 1.807) is 6.07 Å². The van der Waals surface area contributed by atoms with Crippen LogP contribution in [0.5, 0.6) is 0 Å². The Bertz CT molecular complexity index is 1060. The number of hydrogen-bond donors (Lipinski definition) is 2. The van der Waals surface area contributed by atoms with Crippen molar-refractivity contribution in [2.75, 3.05) is 26.2 Å². The zero-order valence-corrected chi connectivity index (χ0v) is 18.1. The minimum Gasteiger partial charge on any atom is -0.354 e. The molecule has 2 amide bonds. The highest BCUT2D eigenvalue weighted by Crippen LogP contribution is 2.27. The minimum atomic E-state index is -3.77. The fourth-order valence-corrected chi connectivity index (χ4v) is 5.21. The molecule has 0 saturated carbocycles. The predicted octanol–water partition coefficient (Wildman–Crippen LogP) is 1.82. The first kappa shape index (κ1) is 23.1. The third-order valence-corrected chi connectivity index (χ3v) is 7.34. The molecule has 0 radical (unpaired) electrons. The van der Waals surface area contributed by atoms with Gasteiger partial charge in [-0.1, -0.05) is 23.7 Å². The molecule has 8 nitrogen and oxygen atoms in total. The van der Waals surface area contributed by atoms with Crippen LogP contribution in [0.1, 0.15) is 23.2 Å². The zero-order valence-electron chi connectivity index (χ0n) is 16.6. The van der Waals surface area contributed by atoms with Gasteiger partial charge in [0.25, 0.3) is 5.91 Å². The molecule has 0 atom stereocenters. The summed E-state index contributed by atoms with van der Waals surface area (Å²) in [5.74, 6) is -1.71. The van der Waals surface area contributed by atoms with Crippen LogP contribution < -0.4 is 10.6 Å². The molecule has 3 rings (SSSR count). The van der Waals surface area contributed by atoms with Gasteiger partial charge in [-0.15, -0.1) is 0 Å². The summed E-state index contributed by atoms with van der Waals surface area (Å²) in [5.41, 5.74) is -0.0591. The van der Waals surface area contributed by atoms with E-state index < -0.39 is 21.7 Å². The van der Waals surface area contributed by atoms with Gasteiger partial charge in [0.15, 0.2) is 0 Å². The summed E-state index contributed by atoms with van der Waals surface area (Å²) < 4.78 is 40.3. The van der Waals surface area contributed by atoms with E-state index in [2.05, 4.69) is 15.6 Å². The number of amides is 2. The van der Waals surface area contributed by atoms with Crippen molar-refractivity contribution < 1.29 is 22.4 Å². The zero-order chi connectivity index (χ0) is 22.4. The van der Waals surface area contributed by atoms with E-state index in [4.69, 9.17) is 11.6 Å². The Hall–Kier alpha value is -2.56. The lowest BCUT2D eigenvalue weighted by atomic mass is 9.97. The lowest BCUT2D eigenvalue weighted by Gasteiger charge is -2.30. The van der Waals surface area contributed by atoms with Gasteiger partial charge in [0.1, 0.15) is 15.9 Å². The van der Waals surface area contributed by atoms with E-state index in [1.165, 1.54) is 40.8 Å². The molecule has 166 valence electrons. The molecule has 31 heavy (non-hydrogen) atoms. The van der Waals surface area contributed by atoms with Crippen LogP contribution in [0.3, 0.4) is 0 Å². The van der Waals surface area contributed by atoms with Gasteiger partial charge in [-0.25, -0.2) is 17.8 Å². The van der Waals surface area contributed by atoms with Crippen LogP contribution in [0.15, 0.2) is 47.5 Å². The molecule has 11 heteroatoms. The van der Waals surface area contributed by atoms with Crippen LogP contribution in [-0.4, -0.2) is 55.7 Å². The van der Waals surface area contributed by atoms with E-state index in [0.29, 0.717) is 12.8 Å². The number of aromatic nitrogens is 1. The number of halogens is 2. The van der Waals surface area contributed by atoms with Crippen LogP contribution in [0.25, 0.3) is 0 Å². The van der Waals surface area contributed by atoms with E-state index in [9.17, 15) is 22.4 Å². The fraction of sp³-hybridized carbons (Fsp3) is 0.350. The Morgan fingerprint density at radius 1 is 1.10 bits per heavy atom. The molecule has 0 spiro atoms. The quantitative estimate of drug-likeness (QED) is 0.476. The van der Waals surface area contributed by atoms with Crippen LogP contribution in [0, 0.1) is 11.7 Å². The number of rotatable bonds is 7. The summed E-state index contributed by atoms with van der Waals surface area (Å²) in [6.45, 7) is 0.708. The lowest BCUT2D eigenvalue weighted by Crippen LogP contribution is -2.44. The lowest BCUT2D eigenvalue weighted by molar-refractivity contribution is -0.126. The largest absolute Gasteiger partial charge is 0.354 e. The van der Waals surface area contributed by atoms with Crippen LogP contribution in [0.4, 0.5) is 4.39 Å². The van der Waals surface area contributed by atoms with Crippen LogP contribution in [0.2, 0.25) is 5.15 Å². The Balaban J connectivity index is 1.44. The van der Waals surface area contributed by atoms with Gasteiger partial charge in [0, 0.05) is 38.3 Å². The normalized spacial score (nSPS) is 15.4. The number of pyridine rings is 1. The molecule has 0 unspecified atom stereocenters. The van der Waals surface area contributed by atoms with Gasteiger partial charge >= 0.3 is 0 Å². The highest BCUT2D eigenvalue weighted by Gasteiger charge is 2.33. The molecule has 1 aliphatic rings. The van der Waals surface area contributed by atoms with Crippen molar-refractivity contribution in [3.63, 3.8) is 0 Å². The van der Waals surface area contributed by atoms with Gasteiger partial charge in [-0.2, -0.15) is 4.31 Å². The highest BCUT2D eigenvalue weighted by atomic mass is 35.5. The Labute approximate surface area is 184 Å². The first-order valence-corrected chi connectivity index (χ1v) is 11.5. The van der Waals surface area contributed by atoms with Gasteiger partial charge in [-0.05, 0) is 37.1 Å². The van der Waals surface area contributed by atoms with Gasteiger partial charge in [0.05, 0.1) is 5.56 Å². The maximum absolute atomic E-state index is 13.6. The van der Waals surface area contributed by atoms with Crippen molar-refractivity contribution in [3.8, 4) is 0 Å². The molecule has 1 fully saturated rings. The molecule has 1 aromatic carbocycles. The Morgan fingerprint density at radius 3 is 2.45 bits per heavy atom. The summed E-state index contributed by atoms with van der Waals surface area (Å²) in [6.07, 6.45) is 2.14. The second-order valence-corrected chi connectivity index (χ2v) is 9.26. The number of nitrogens with zero attached hydrogens (tertiary/aromatic N) is 2. The molecule has 1 aromatic heterocycles. The smallest absolute Gasteiger partial charge is 0.254 e. The van der Waals surface area contributed by atoms with Crippen molar-refractivity contribution in [1.29, 1.82) is 0 Å². The summed E-state index contributed by atoms with van der Waals surface area (Å²) in [5, 5.41) is 5.19. The first-order chi connectivity index (χ1) is 14.8. The number of hydrogen-bond acceptors (Lipinski definition) is 5. The number of carbonyl (C=O) groups is 2. The Morgan fingerprint density at radius 2 is 1.77 bits per heavy atom. The molecule has 2 N–H and O–H groups in total. The molecule has 1 saturated heterocycles. The molecule has 1 aliphatic heterocycles. The molecular weight excluding hydrogens is 447 g/mol. The van der Waals surface area contributed by atoms with Crippen LogP contribution in [-0.2, 0) is 14.8 Å². The van der Waals surface area contributed by atoms with Gasteiger partial charge in [0.2, 0.25) is 15.9 Å². The minimum absolute atomic E-state index is 0.0508. The fourth-order valence-electron chi connectivity index (χ4n) is 3.31. The van der Waals surface area contributed by atoms with Gasteiger partial charge < -0.3 is 10.6 Å². The van der Waals surface area contributed by atoms with Crippen molar-refractivity contribution in [2.45, 2.75) is 17.7 Å². The number of piperidine rings is 1.